The van der Waals surface area contributed by atoms with Crippen LogP contribution in [0.2, 0.25) is 0 Å². The molecule has 1 aliphatic carbocycles. The van der Waals surface area contributed by atoms with E-state index in [1.54, 1.807) is 0 Å². The van der Waals surface area contributed by atoms with Crippen molar-refractivity contribution in [2.24, 2.45) is 0 Å². The van der Waals surface area contributed by atoms with E-state index in [-0.39, 0.29) is 11.3 Å². The summed E-state index contributed by atoms with van der Waals surface area (Å²) in [6, 6.07) is 78.2. The summed E-state index contributed by atoms with van der Waals surface area (Å²) in [4.78, 5) is 0. The molecule has 0 radical (unpaired) electrons. The van der Waals surface area contributed by atoms with Crippen molar-refractivity contribution in [1.82, 2.24) is 0 Å². The zero-order valence-corrected chi connectivity index (χ0v) is 34.2. The summed E-state index contributed by atoms with van der Waals surface area (Å²) in [5.74, 6) is 0.0497. The van der Waals surface area contributed by atoms with Gasteiger partial charge in [-0.2, -0.15) is 0 Å². The Morgan fingerprint density at radius 3 is 1.64 bits per heavy atom. The van der Waals surface area contributed by atoms with Crippen molar-refractivity contribution >= 4 is 43.5 Å². The van der Waals surface area contributed by atoms with Gasteiger partial charge in [-0.05, 0) is 113 Å². The van der Waals surface area contributed by atoms with E-state index in [1.165, 1.54) is 82.9 Å². The van der Waals surface area contributed by atoms with Crippen molar-refractivity contribution in [3.63, 3.8) is 0 Å². The maximum absolute atomic E-state index is 6.60. The van der Waals surface area contributed by atoms with Gasteiger partial charge in [-0.1, -0.05) is 202 Å². The van der Waals surface area contributed by atoms with Crippen LogP contribution in [0.5, 0.6) is 0 Å². The molecule has 10 aromatic carbocycles. The van der Waals surface area contributed by atoms with E-state index < -0.39 is 0 Å². The molecule has 1 heteroatoms. The minimum atomic E-state index is -0.196. The number of benzene rings is 10. The Kier molecular flexibility index (Phi) is 8.02. The summed E-state index contributed by atoms with van der Waals surface area (Å²) in [5, 5.41) is 7.21. The Hall–Kier alpha value is -7.48. The fourth-order valence-electron chi connectivity index (χ4n) is 10.2. The van der Waals surface area contributed by atoms with E-state index in [9.17, 15) is 0 Å². The molecule has 0 amide bonds. The van der Waals surface area contributed by atoms with Gasteiger partial charge in [-0.15, -0.1) is 0 Å². The molecule has 61 heavy (non-hydrogen) atoms. The first-order valence-electron chi connectivity index (χ1n) is 21.4. The average molecular weight is 779 g/mol. The fraction of sp³-hybridized carbons (Fsp3) is 0.0667. The normalized spacial score (nSPS) is 13.5. The van der Waals surface area contributed by atoms with Gasteiger partial charge in [0.15, 0.2) is 0 Å². The molecule has 0 saturated carbocycles. The van der Waals surface area contributed by atoms with Crippen molar-refractivity contribution in [2.45, 2.75) is 25.2 Å². The Balaban J connectivity index is 0.920. The standard InChI is InChI=1S/C60H42O/c1-60(2)55-35-45(46-29-33-52-54-34-27-43-14-7-9-17-49(43)59(54)61-57(52)37-46)28-31-50(55)51-32-30-47(36-56(51)60)58(53-18-10-15-42-13-6-8-16-48(42)53)44-25-23-41(24-26-44)40-21-19-39(20-22-40)38-11-4-3-5-12-38/h3-37,58H,1-2H3. The molecule has 1 atom stereocenters. The van der Waals surface area contributed by atoms with E-state index in [1.807, 2.05) is 0 Å². The third-order valence-corrected chi connectivity index (χ3v) is 13.4. The summed E-state index contributed by atoms with van der Waals surface area (Å²) in [6.45, 7) is 4.78. The lowest BCUT2D eigenvalue weighted by Gasteiger charge is -2.25. The third-order valence-electron chi connectivity index (χ3n) is 13.4. The monoisotopic (exact) mass is 778 g/mol. The SMILES string of the molecule is CC1(C)c2cc(-c3ccc4c(c3)oc3c5ccccc5ccc43)ccc2-c2ccc(C(c3ccc(-c4ccc(-c5ccccc5)cc4)cc3)c3cccc4ccccc34)cc21. The molecule has 288 valence electrons. The summed E-state index contributed by atoms with van der Waals surface area (Å²) in [6.07, 6.45) is 0. The van der Waals surface area contributed by atoms with Crippen LogP contribution in [0.25, 0.3) is 88.0 Å². The molecule has 0 aliphatic heterocycles. The smallest absolute Gasteiger partial charge is 0.143 e. The van der Waals surface area contributed by atoms with E-state index in [0.717, 1.165) is 32.9 Å². The summed E-state index contributed by atoms with van der Waals surface area (Å²) in [7, 11) is 0. The topological polar surface area (TPSA) is 13.1 Å². The molecule has 11 aromatic rings. The second-order valence-corrected chi connectivity index (χ2v) is 17.2. The maximum atomic E-state index is 6.60. The number of furan rings is 1. The van der Waals surface area contributed by atoms with Crippen LogP contribution in [-0.2, 0) is 5.41 Å². The molecule has 1 heterocycles. The van der Waals surface area contributed by atoms with Crippen LogP contribution in [0.3, 0.4) is 0 Å². The van der Waals surface area contributed by atoms with E-state index in [2.05, 4.69) is 226 Å². The van der Waals surface area contributed by atoms with Gasteiger partial charge in [0.05, 0.1) is 0 Å². The minimum Gasteiger partial charge on any atom is -0.455 e. The molecule has 1 aromatic heterocycles. The molecule has 1 unspecified atom stereocenters. The highest BCUT2D eigenvalue weighted by Crippen LogP contribution is 2.51. The van der Waals surface area contributed by atoms with Crippen LogP contribution in [0.15, 0.2) is 217 Å². The van der Waals surface area contributed by atoms with E-state index >= 15 is 0 Å². The molecular weight excluding hydrogens is 737 g/mol. The molecule has 12 rings (SSSR count). The first-order valence-corrected chi connectivity index (χ1v) is 21.4. The van der Waals surface area contributed by atoms with Crippen molar-refractivity contribution in [3.8, 4) is 44.5 Å². The minimum absolute atomic E-state index is 0.0497. The predicted molar refractivity (Wildman–Crippen MR) is 256 cm³/mol. The molecule has 0 spiro atoms. The Morgan fingerprint density at radius 1 is 0.361 bits per heavy atom. The van der Waals surface area contributed by atoms with Gasteiger partial charge in [0.2, 0.25) is 0 Å². The van der Waals surface area contributed by atoms with Gasteiger partial charge in [0.1, 0.15) is 11.2 Å². The van der Waals surface area contributed by atoms with Crippen molar-refractivity contribution in [1.29, 1.82) is 0 Å². The van der Waals surface area contributed by atoms with Gasteiger partial charge in [0, 0.05) is 27.5 Å². The molecule has 0 N–H and O–H groups in total. The molecule has 0 fully saturated rings. The van der Waals surface area contributed by atoms with Gasteiger partial charge < -0.3 is 4.42 Å². The zero-order chi connectivity index (χ0) is 40.7. The van der Waals surface area contributed by atoms with Crippen LogP contribution < -0.4 is 0 Å². The summed E-state index contributed by atoms with van der Waals surface area (Å²) < 4.78 is 6.60. The maximum Gasteiger partial charge on any atom is 0.143 e. The lowest BCUT2D eigenvalue weighted by atomic mass is 9.78. The molecule has 0 saturated heterocycles. The molecular formula is C60H42O. The second-order valence-electron chi connectivity index (χ2n) is 17.2. The Morgan fingerprint density at radius 2 is 0.885 bits per heavy atom. The quantitative estimate of drug-likeness (QED) is 0.153. The van der Waals surface area contributed by atoms with Crippen LogP contribution in [0, 0.1) is 0 Å². The second kappa shape index (κ2) is 13.8. The average Bonchev–Trinajstić information content (AvgIpc) is 3.81. The van der Waals surface area contributed by atoms with Gasteiger partial charge >= 0.3 is 0 Å². The number of rotatable bonds is 6. The Bertz CT molecular complexity index is 3470. The van der Waals surface area contributed by atoms with Crippen LogP contribution >= 0.6 is 0 Å². The summed E-state index contributed by atoms with van der Waals surface area (Å²) in [5.41, 5.74) is 18.2. The highest BCUT2D eigenvalue weighted by atomic mass is 16.3. The number of hydrogen-bond acceptors (Lipinski definition) is 1. The van der Waals surface area contributed by atoms with Crippen molar-refractivity contribution < 1.29 is 4.42 Å². The first kappa shape index (κ1) is 35.5. The first-order chi connectivity index (χ1) is 30.0. The number of fused-ring (bicyclic) bond motifs is 9. The number of hydrogen-bond donors (Lipinski definition) is 0. The van der Waals surface area contributed by atoms with Crippen molar-refractivity contribution in [2.75, 3.05) is 0 Å². The largest absolute Gasteiger partial charge is 0.455 e. The lowest BCUT2D eigenvalue weighted by Crippen LogP contribution is -2.16. The van der Waals surface area contributed by atoms with E-state index in [0.29, 0.717) is 0 Å². The van der Waals surface area contributed by atoms with E-state index in [4.69, 9.17) is 4.42 Å². The Labute approximate surface area is 356 Å². The zero-order valence-electron chi connectivity index (χ0n) is 34.2. The van der Waals surface area contributed by atoms with Crippen LogP contribution in [0.4, 0.5) is 0 Å². The van der Waals surface area contributed by atoms with Gasteiger partial charge in [-0.3, -0.25) is 0 Å². The highest BCUT2D eigenvalue weighted by molar-refractivity contribution is 6.15. The molecule has 0 bridgehead atoms. The van der Waals surface area contributed by atoms with Gasteiger partial charge in [-0.25, -0.2) is 0 Å². The predicted octanol–water partition coefficient (Wildman–Crippen LogP) is 16.4. The fourth-order valence-corrected chi connectivity index (χ4v) is 10.2. The van der Waals surface area contributed by atoms with Crippen LogP contribution in [0.1, 0.15) is 47.6 Å². The molecule has 1 nitrogen and oxygen atoms in total. The molecule has 1 aliphatic rings. The lowest BCUT2D eigenvalue weighted by molar-refractivity contribution is 0.659. The highest BCUT2D eigenvalue weighted by Gasteiger charge is 2.36. The van der Waals surface area contributed by atoms with Crippen LogP contribution in [-0.4, -0.2) is 0 Å². The van der Waals surface area contributed by atoms with Crippen molar-refractivity contribution in [3.05, 3.63) is 240 Å². The van der Waals surface area contributed by atoms with Gasteiger partial charge in [0.25, 0.3) is 0 Å². The third kappa shape index (κ3) is 5.76. The summed E-state index contributed by atoms with van der Waals surface area (Å²) >= 11 is 0.